The maximum Gasteiger partial charge on any atom is 0.417 e. The van der Waals surface area contributed by atoms with Crippen LogP contribution in [-0.4, -0.2) is 175 Å². The van der Waals surface area contributed by atoms with Gasteiger partial charge in [0.05, 0.1) is 57.2 Å². The van der Waals surface area contributed by atoms with Crippen LogP contribution >= 0.6 is 63.7 Å². The summed E-state index contributed by atoms with van der Waals surface area (Å²) in [6.07, 6.45) is -0.246. The van der Waals surface area contributed by atoms with Gasteiger partial charge in [-0.25, -0.2) is 48.1 Å². The Bertz CT molecular complexity index is 5550. The third kappa shape index (κ3) is 33.7. The number of alkyl carbamates (subject to hydrolysis) is 4. The van der Waals surface area contributed by atoms with Gasteiger partial charge in [0.25, 0.3) is 17.7 Å². The molecule has 3 aliphatic heterocycles. The number of halogens is 4. The van der Waals surface area contributed by atoms with Crippen LogP contribution in [0.5, 0.6) is 0 Å². The van der Waals surface area contributed by atoms with Gasteiger partial charge in [-0.15, -0.1) is 0 Å². The number of methoxy groups -OCH3 is 4. The molecule has 8 amide bonds. The average molecular weight is 2100 g/mol. The second-order valence-corrected chi connectivity index (χ2v) is 36.5. The number of aryl methyl sites for hydroxylation is 1. The van der Waals surface area contributed by atoms with Gasteiger partial charge in [-0.1, -0.05) is 161 Å². The minimum Gasteiger partial charge on any atom is -0.465 e. The lowest BCUT2D eigenvalue weighted by molar-refractivity contribution is 0.0245. The van der Waals surface area contributed by atoms with E-state index in [1.54, 1.807) is 57.2 Å². The van der Waals surface area contributed by atoms with Crippen molar-refractivity contribution >= 4 is 136 Å². The van der Waals surface area contributed by atoms with E-state index in [1.165, 1.54) is 85.1 Å². The Kier molecular flexibility index (Phi) is 42.9. The fourth-order valence-electron chi connectivity index (χ4n) is 13.6. The van der Waals surface area contributed by atoms with Gasteiger partial charge < -0.3 is 86.0 Å². The molecular weight excluding hydrogens is 1980 g/mol. The zero-order chi connectivity index (χ0) is 98.6. The number of alkyl halides is 1. The van der Waals surface area contributed by atoms with Crippen LogP contribution in [0.25, 0.3) is 22.3 Å². The van der Waals surface area contributed by atoms with Crippen LogP contribution in [0.3, 0.4) is 0 Å². The van der Waals surface area contributed by atoms with Crippen molar-refractivity contribution in [2.45, 2.75) is 142 Å². The topological polar surface area (TPSA) is 415 Å². The fourth-order valence-corrected chi connectivity index (χ4v) is 15.4. The number of esters is 4. The number of hydrogen-bond donors (Lipinski definition) is 8. The number of hydrogen-bond acceptors (Lipinski definition) is 23. The van der Waals surface area contributed by atoms with Crippen LogP contribution in [-0.2, 0) is 67.6 Å². The Hall–Kier alpha value is -12.3. The van der Waals surface area contributed by atoms with Crippen molar-refractivity contribution in [3.05, 3.63) is 290 Å². The number of nitrogens with two attached hydrogens (primary N) is 2. The zero-order valence-electron chi connectivity index (χ0n) is 77.3. The highest BCUT2D eigenvalue weighted by Gasteiger charge is 2.37. The summed E-state index contributed by atoms with van der Waals surface area (Å²) < 4.78 is 47.6. The minimum atomic E-state index is -0.691. The van der Waals surface area contributed by atoms with Crippen molar-refractivity contribution in [2.75, 3.05) is 80.9 Å². The first-order valence-electron chi connectivity index (χ1n) is 42.8. The molecule has 0 radical (unpaired) electrons. The molecule has 10 N–H and O–H groups in total. The summed E-state index contributed by atoms with van der Waals surface area (Å²) in [6, 6.07) is 59.1. The van der Waals surface area contributed by atoms with Crippen molar-refractivity contribution in [2.24, 2.45) is 11.5 Å². The molecule has 14 rings (SSSR count). The van der Waals surface area contributed by atoms with Crippen LogP contribution in [0.2, 0.25) is 0 Å². The molecule has 0 aromatic heterocycles. The lowest BCUT2D eigenvalue weighted by Crippen LogP contribution is -2.36. The summed E-state index contributed by atoms with van der Waals surface area (Å²) in [5, 5.41) is 16.8. The summed E-state index contributed by atoms with van der Waals surface area (Å²) in [7, 11) is 5.37. The number of fused-ring (bicyclic) bond motifs is 9. The molecule has 30 nitrogen and oxygen atoms in total. The third-order valence-corrected chi connectivity index (χ3v) is 21.9. The minimum absolute atomic E-state index is 0.0347. The second kappa shape index (κ2) is 52.9. The Morgan fingerprint density at radius 1 is 0.403 bits per heavy atom. The number of ether oxygens (including phenoxy) is 9. The molecule has 0 saturated heterocycles. The van der Waals surface area contributed by atoms with Crippen molar-refractivity contribution in [3.8, 4) is 22.3 Å². The Morgan fingerprint density at radius 3 is 1.16 bits per heavy atom. The van der Waals surface area contributed by atoms with E-state index in [0.717, 1.165) is 59.0 Å². The predicted octanol–water partition coefficient (Wildman–Crippen LogP) is 18.6. The van der Waals surface area contributed by atoms with Gasteiger partial charge in [0.1, 0.15) is 30.0 Å². The van der Waals surface area contributed by atoms with Crippen molar-refractivity contribution in [3.63, 3.8) is 0 Å². The molecule has 0 fully saturated rings. The van der Waals surface area contributed by atoms with Crippen molar-refractivity contribution < 1.29 is 100 Å². The molecule has 0 unspecified atom stereocenters. The molecule has 2 aliphatic carbocycles. The summed E-state index contributed by atoms with van der Waals surface area (Å²) in [6.45, 7) is 22.9. The molecule has 0 bridgehead atoms. The van der Waals surface area contributed by atoms with Gasteiger partial charge in [0.15, 0.2) is 0 Å². The Balaban J connectivity index is 0.000000214. The smallest absolute Gasteiger partial charge is 0.417 e. The molecule has 9 aromatic rings. The van der Waals surface area contributed by atoms with E-state index < -0.39 is 47.0 Å². The number of amides is 8. The number of benzene rings is 9. The number of nitrogens with one attached hydrogen (secondary N) is 6. The van der Waals surface area contributed by atoms with E-state index in [9.17, 15) is 57.5 Å². The lowest BCUT2D eigenvalue weighted by Gasteiger charge is -2.23. The van der Waals surface area contributed by atoms with E-state index in [1.807, 2.05) is 139 Å². The van der Waals surface area contributed by atoms with Crippen LogP contribution in [0.15, 0.2) is 201 Å². The van der Waals surface area contributed by atoms with Crippen molar-refractivity contribution in [1.29, 1.82) is 0 Å². The normalized spacial score (nSPS) is 12.4. The molecule has 0 spiro atoms. The molecule has 134 heavy (non-hydrogen) atoms. The number of carbonyl (C=O) groups is 12. The predicted molar refractivity (Wildman–Crippen MR) is 523 cm³/mol. The van der Waals surface area contributed by atoms with Gasteiger partial charge in [0.2, 0.25) is 0 Å². The lowest BCUT2D eigenvalue weighted by atomic mass is 9.98. The summed E-state index contributed by atoms with van der Waals surface area (Å²) in [5.41, 5.74) is 26.9. The highest BCUT2D eigenvalue weighted by atomic mass is 79.9. The van der Waals surface area contributed by atoms with Gasteiger partial charge >= 0.3 is 54.3 Å². The third-order valence-electron chi connectivity index (χ3n) is 19.8. The molecule has 3 heterocycles. The highest BCUT2D eigenvalue weighted by molar-refractivity contribution is 9.11. The SMILES string of the molecule is CC(C)(C)OC(=O)NCCCN.CC(C)(C)OC(=O)NCCCNC(=O)OCC1c2ccccc2-c2ccccc21.COC(=O)c1ccc(Br)cc1C.COC(=O)c1ccc(Br)cc1CBr.COC(=O)c1ccc2c(c1)CN(C(=O)OC(C)(C)C)C2=O.COC(=O)c1ccc2c(c1)CNC2=O.NCCCNC(=O)OCC1c2ccccc2-c2ccccc21.O=C1NCc2cc(Br)ccc21. The van der Waals surface area contributed by atoms with E-state index in [-0.39, 0.29) is 66.9 Å². The zero-order valence-corrected chi connectivity index (χ0v) is 83.7. The maximum atomic E-state index is 12.2. The first-order valence-corrected chi connectivity index (χ1v) is 46.3. The molecule has 0 atom stereocenters. The largest absolute Gasteiger partial charge is 0.465 e. The molecular formula is C100H115Br4N9O21. The first kappa shape index (κ1) is 109. The summed E-state index contributed by atoms with van der Waals surface area (Å²) in [5.74, 6) is -1.79. The molecule has 34 heteroatoms. The quantitative estimate of drug-likeness (QED) is 0.0161. The molecule has 0 saturated carbocycles. The number of nitrogens with zero attached hydrogens (tertiary/aromatic N) is 1. The summed E-state index contributed by atoms with van der Waals surface area (Å²) in [4.78, 5) is 139. The van der Waals surface area contributed by atoms with E-state index in [0.29, 0.717) is 110 Å². The first-order chi connectivity index (χ1) is 63.7. The number of imide groups is 1. The van der Waals surface area contributed by atoms with E-state index in [4.69, 9.17) is 35.2 Å². The van der Waals surface area contributed by atoms with Crippen LogP contribution in [0.1, 0.15) is 216 Å². The van der Waals surface area contributed by atoms with Gasteiger partial charge in [-0.3, -0.25) is 14.4 Å². The second-order valence-electron chi connectivity index (χ2n) is 33.1. The molecule has 714 valence electrons. The van der Waals surface area contributed by atoms with Crippen molar-refractivity contribution in [1.82, 2.24) is 36.8 Å². The van der Waals surface area contributed by atoms with Gasteiger partial charge in [-0.2, -0.15) is 0 Å². The van der Waals surface area contributed by atoms with Crippen LogP contribution in [0.4, 0.5) is 24.0 Å². The maximum absolute atomic E-state index is 12.2. The average Bonchev–Trinajstić information content (AvgIpc) is 1.62. The Morgan fingerprint density at radius 2 is 0.754 bits per heavy atom. The fraction of sp³-hybridized carbons (Fsp3) is 0.340. The van der Waals surface area contributed by atoms with Crippen LogP contribution in [0, 0.1) is 6.92 Å². The van der Waals surface area contributed by atoms with Gasteiger partial charge in [0, 0.05) is 86.5 Å². The standard InChI is InChI=1S/C23H28N2O4.C18H20N2O2.C15H17NO5.C10H9NO3.C9H8Br2O2.C9H9BrO2.C8H6BrNO.C8H18N2O2/c1-23(2,3)29-22(27)25-14-8-13-24-21(26)28-15-20-18-11-6-4-9-16(18)17-10-5-7-12-19(17)20;19-10-5-11-20-18(21)22-12-17-15-8-3-1-6-13(15)14-7-2-4-9-16(14)17;1-15(2,3)21-14(19)16-8-10-7-9(13(18)20-4)5-6-11(10)12(16)17;1-14-10(13)6-2-3-8-7(4-6)5-11-9(8)12;1-13-9(12)8-3-2-7(11)4-6(8)5-10;1-6-5-7(10)3-4-8(6)9(11)12-2;9-6-1-2-7-5(3-6)4-10-8(7)11;1-8(2,3)12-7(11)10-6-4-5-9/h4-7,9-12,20H,8,13-15H2,1-3H3,(H,24,26)(H,25,27);1-4,6-9,17H,5,10-12,19H2,(H,20,21);5-7H,8H2,1-4H3;2-4H,5H2,1H3,(H,11,12);2-4H,5H2,1H3;3-5H,1-2H3;1-3H,4H2,(H,10,11);4-6,9H2,1-3H3,(H,10,11). The number of carbonyl (C=O) groups excluding carboxylic acids is 12. The van der Waals surface area contributed by atoms with Gasteiger partial charge in [-0.05, 0) is 265 Å². The molecule has 5 aliphatic rings. The Labute approximate surface area is 814 Å². The summed E-state index contributed by atoms with van der Waals surface area (Å²) >= 11 is 13.3. The van der Waals surface area contributed by atoms with E-state index >= 15 is 0 Å². The number of rotatable bonds is 19. The van der Waals surface area contributed by atoms with Crippen LogP contribution < -0.4 is 43.4 Å². The monoisotopic (exact) mass is 2090 g/mol. The highest BCUT2D eigenvalue weighted by Crippen LogP contribution is 2.46. The molecule has 9 aromatic carbocycles. The van der Waals surface area contributed by atoms with E-state index in [2.05, 4.69) is 163 Å².